The van der Waals surface area contributed by atoms with Gasteiger partial charge in [-0.1, -0.05) is 12.8 Å². The van der Waals surface area contributed by atoms with E-state index in [2.05, 4.69) is 10.3 Å². The van der Waals surface area contributed by atoms with Crippen molar-refractivity contribution in [3.8, 4) is 0 Å². The Kier molecular flexibility index (Phi) is 3.48. The number of anilines is 1. The summed E-state index contributed by atoms with van der Waals surface area (Å²) in [6.07, 6.45) is 3.99. The number of amides is 1. The van der Waals surface area contributed by atoms with Gasteiger partial charge in [-0.25, -0.2) is 4.98 Å². The zero-order valence-electron chi connectivity index (χ0n) is 11.6. The lowest BCUT2D eigenvalue weighted by Gasteiger charge is -2.37. The van der Waals surface area contributed by atoms with Crippen LogP contribution in [0, 0.1) is 5.92 Å². The van der Waals surface area contributed by atoms with Crippen molar-refractivity contribution < 1.29 is 4.79 Å². The summed E-state index contributed by atoms with van der Waals surface area (Å²) in [5.74, 6) is -0.0630. The van der Waals surface area contributed by atoms with Crippen LogP contribution in [0.15, 0.2) is 23.7 Å². The van der Waals surface area contributed by atoms with E-state index in [4.69, 9.17) is 5.73 Å². The van der Waals surface area contributed by atoms with Crippen molar-refractivity contribution in [2.75, 3.05) is 5.32 Å². The second-order valence-corrected chi connectivity index (χ2v) is 6.71. The molecule has 0 spiro atoms. The fourth-order valence-corrected chi connectivity index (χ4v) is 3.67. The van der Waals surface area contributed by atoms with Gasteiger partial charge in [0.25, 0.3) is 0 Å². The van der Waals surface area contributed by atoms with Crippen molar-refractivity contribution in [2.24, 2.45) is 11.7 Å². The second kappa shape index (κ2) is 5.14. The number of rotatable bonds is 2. The highest BCUT2D eigenvalue weighted by molar-refractivity contribution is 7.16. The molecule has 3 N–H and O–H groups in total. The first-order valence-corrected chi connectivity index (χ1v) is 7.87. The zero-order chi connectivity index (χ0) is 14.2. The third-order valence-electron chi connectivity index (χ3n) is 4.17. The molecule has 1 amide bonds. The standard InChI is InChI=1S/C15H19N3OS/c1-15(16)7-3-2-4-11(15)14(19)18-10-5-6-12-13(8-10)20-9-17-12/h5-6,8-9,11H,2-4,7,16H2,1H3,(H,18,19). The maximum absolute atomic E-state index is 12.5. The lowest BCUT2D eigenvalue weighted by atomic mass is 9.74. The molecule has 2 atom stereocenters. The molecule has 1 heterocycles. The van der Waals surface area contributed by atoms with Crippen molar-refractivity contribution in [3.63, 3.8) is 0 Å². The molecule has 1 fully saturated rings. The number of carbonyl (C=O) groups is 1. The van der Waals surface area contributed by atoms with Crippen LogP contribution in [0.1, 0.15) is 32.6 Å². The number of fused-ring (bicyclic) bond motifs is 1. The van der Waals surface area contributed by atoms with E-state index in [1.165, 1.54) is 0 Å². The smallest absolute Gasteiger partial charge is 0.229 e. The lowest BCUT2D eigenvalue weighted by Crippen LogP contribution is -2.51. The van der Waals surface area contributed by atoms with Gasteiger partial charge in [-0.2, -0.15) is 0 Å². The Morgan fingerprint density at radius 3 is 3.15 bits per heavy atom. The van der Waals surface area contributed by atoms with Crippen LogP contribution >= 0.6 is 11.3 Å². The molecule has 106 valence electrons. The molecule has 3 rings (SSSR count). The highest BCUT2D eigenvalue weighted by Crippen LogP contribution is 2.32. The monoisotopic (exact) mass is 289 g/mol. The van der Waals surface area contributed by atoms with Crippen molar-refractivity contribution in [1.29, 1.82) is 0 Å². The van der Waals surface area contributed by atoms with E-state index in [-0.39, 0.29) is 11.8 Å². The molecule has 20 heavy (non-hydrogen) atoms. The number of nitrogens with one attached hydrogen (secondary N) is 1. The molecule has 1 saturated carbocycles. The molecule has 2 aromatic rings. The van der Waals surface area contributed by atoms with Gasteiger partial charge in [-0.05, 0) is 38.0 Å². The van der Waals surface area contributed by atoms with Crippen molar-refractivity contribution in [2.45, 2.75) is 38.1 Å². The summed E-state index contributed by atoms with van der Waals surface area (Å²) >= 11 is 1.58. The first-order chi connectivity index (χ1) is 9.56. The molecule has 0 radical (unpaired) electrons. The predicted octanol–water partition coefficient (Wildman–Crippen LogP) is 3.14. The van der Waals surface area contributed by atoms with Crippen LogP contribution in [0.2, 0.25) is 0 Å². The summed E-state index contributed by atoms with van der Waals surface area (Å²) in [5.41, 5.74) is 9.50. The van der Waals surface area contributed by atoms with Crippen LogP contribution in [0.5, 0.6) is 0 Å². The Morgan fingerprint density at radius 1 is 1.50 bits per heavy atom. The molecule has 2 unspecified atom stereocenters. The third-order valence-corrected chi connectivity index (χ3v) is 4.96. The van der Waals surface area contributed by atoms with E-state index >= 15 is 0 Å². The van der Waals surface area contributed by atoms with Crippen LogP contribution in [0.4, 0.5) is 5.69 Å². The van der Waals surface area contributed by atoms with Gasteiger partial charge in [0, 0.05) is 11.2 Å². The maximum atomic E-state index is 12.5. The minimum atomic E-state index is -0.392. The highest BCUT2D eigenvalue weighted by Gasteiger charge is 2.37. The van der Waals surface area contributed by atoms with E-state index in [1.54, 1.807) is 11.3 Å². The number of nitrogens with two attached hydrogens (primary N) is 1. The van der Waals surface area contributed by atoms with E-state index in [0.29, 0.717) is 0 Å². The topological polar surface area (TPSA) is 68.0 Å². The van der Waals surface area contributed by atoms with Gasteiger partial charge >= 0.3 is 0 Å². The van der Waals surface area contributed by atoms with Gasteiger partial charge < -0.3 is 11.1 Å². The summed E-state index contributed by atoms with van der Waals surface area (Å²) in [7, 11) is 0. The average molecular weight is 289 g/mol. The van der Waals surface area contributed by atoms with Crippen LogP contribution in [0.3, 0.4) is 0 Å². The molecule has 5 heteroatoms. The Balaban J connectivity index is 1.77. The lowest BCUT2D eigenvalue weighted by molar-refractivity contribution is -0.122. The van der Waals surface area contributed by atoms with E-state index in [9.17, 15) is 4.79 Å². The molecule has 0 saturated heterocycles. The number of hydrogen-bond donors (Lipinski definition) is 2. The number of hydrogen-bond acceptors (Lipinski definition) is 4. The van der Waals surface area contributed by atoms with Gasteiger partial charge in [-0.15, -0.1) is 11.3 Å². The minimum Gasteiger partial charge on any atom is -0.326 e. The normalized spacial score (nSPS) is 26.6. The number of carbonyl (C=O) groups excluding carboxylic acids is 1. The molecule has 1 aromatic carbocycles. The second-order valence-electron chi connectivity index (χ2n) is 5.83. The number of thiazole rings is 1. The van der Waals surface area contributed by atoms with Crippen LogP contribution in [-0.4, -0.2) is 16.4 Å². The van der Waals surface area contributed by atoms with Crippen molar-refractivity contribution >= 4 is 33.1 Å². The Bertz CT molecular complexity index is 635. The predicted molar refractivity (Wildman–Crippen MR) is 82.8 cm³/mol. The molecular formula is C15H19N3OS. The molecule has 1 aromatic heterocycles. The van der Waals surface area contributed by atoms with Crippen LogP contribution < -0.4 is 11.1 Å². The number of aromatic nitrogens is 1. The Labute approximate surface area is 122 Å². The molecule has 0 aliphatic heterocycles. The summed E-state index contributed by atoms with van der Waals surface area (Å²) in [5, 5.41) is 3.01. The Hall–Kier alpha value is -1.46. The van der Waals surface area contributed by atoms with Gasteiger partial charge in [0.2, 0.25) is 5.91 Å². The van der Waals surface area contributed by atoms with Crippen LogP contribution in [-0.2, 0) is 4.79 Å². The SMILES string of the molecule is CC1(N)CCCCC1C(=O)Nc1ccc2ncsc2c1. The summed E-state index contributed by atoms with van der Waals surface area (Å²) < 4.78 is 1.09. The first-order valence-electron chi connectivity index (χ1n) is 6.99. The quantitative estimate of drug-likeness (QED) is 0.892. The number of nitrogens with zero attached hydrogens (tertiary/aromatic N) is 1. The third kappa shape index (κ3) is 2.55. The largest absolute Gasteiger partial charge is 0.326 e. The van der Waals surface area contributed by atoms with Gasteiger partial charge in [0.15, 0.2) is 0 Å². The van der Waals surface area contributed by atoms with Gasteiger partial charge in [-0.3, -0.25) is 4.79 Å². The molecule has 4 nitrogen and oxygen atoms in total. The Morgan fingerprint density at radius 2 is 2.35 bits per heavy atom. The fourth-order valence-electron chi connectivity index (χ4n) is 2.95. The van der Waals surface area contributed by atoms with Gasteiger partial charge in [0.1, 0.15) is 0 Å². The maximum Gasteiger partial charge on any atom is 0.229 e. The van der Waals surface area contributed by atoms with E-state index in [0.717, 1.165) is 41.6 Å². The van der Waals surface area contributed by atoms with E-state index in [1.807, 2.05) is 30.6 Å². The van der Waals surface area contributed by atoms with Crippen LogP contribution in [0.25, 0.3) is 10.2 Å². The van der Waals surface area contributed by atoms with E-state index < -0.39 is 5.54 Å². The summed E-state index contributed by atoms with van der Waals surface area (Å²) in [6.45, 7) is 1.99. The molecular weight excluding hydrogens is 270 g/mol. The summed E-state index contributed by atoms with van der Waals surface area (Å²) in [4.78, 5) is 16.7. The minimum absolute atomic E-state index is 0.0403. The van der Waals surface area contributed by atoms with Crippen molar-refractivity contribution in [1.82, 2.24) is 4.98 Å². The van der Waals surface area contributed by atoms with Crippen molar-refractivity contribution in [3.05, 3.63) is 23.7 Å². The summed E-state index contributed by atoms with van der Waals surface area (Å²) in [6, 6.07) is 5.81. The van der Waals surface area contributed by atoms with Gasteiger partial charge in [0.05, 0.1) is 21.6 Å². The average Bonchev–Trinajstić information content (AvgIpc) is 2.85. The fraction of sp³-hybridized carbons (Fsp3) is 0.467. The molecule has 1 aliphatic carbocycles. The zero-order valence-corrected chi connectivity index (χ0v) is 12.4. The molecule has 1 aliphatic rings. The first kappa shape index (κ1) is 13.5. The highest BCUT2D eigenvalue weighted by atomic mass is 32.1. The molecule has 0 bridgehead atoms. The number of benzene rings is 1.